The molecule has 0 radical (unpaired) electrons. The molecule has 1 amide bonds. The van der Waals surface area contributed by atoms with Gasteiger partial charge in [0.25, 0.3) is 0 Å². The van der Waals surface area contributed by atoms with Gasteiger partial charge in [0.2, 0.25) is 11.6 Å². The summed E-state index contributed by atoms with van der Waals surface area (Å²) >= 11 is 1.28. The highest BCUT2D eigenvalue weighted by molar-refractivity contribution is 8.00. The number of thioether (sulfide) groups is 1. The first-order valence-electron chi connectivity index (χ1n) is 10.2. The van der Waals surface area contributed by atoms with Crippen molar-refractivity contribution in [2.75, 3.05) is 12.4 Å². The molecular formula is C23H23N5O3S. The van der Waals surface area contributed by atoms with Gasteiger partial charge in [-0.15, -0.1) is 10.2 Å². The normalized spacial score (nSPS) is 12.0. The van der Waals surface area contributed by atoms with Crippen molar-refractivity contribution in [1.82, 2.24) is 19.2 Å². The molecule has 4 rings (SSSR count). The third-order valence-electron chi connectivity index (χ3n) is 5.10. The highest BCUT2D eigenvalue weighted by Gasteiger charge is 2.22. The second kappa shape index (κ2) is 9.27. The Morgan fingerprint density at radius 3 is 2.62 bits per heavy atom. The van der Waals surface area contributed by atoms with Crippen molar-refractivity contribution < 1.29 is 9.53 Å². The van der Waals surface area contributed by atoms with E-state index in [2.05, 4.69) is 15.5 Å². The molecule has 1 N–H and O–H groups in total. The Hall–Kier alpha value is -3.59. The molecule has 1 atom stereocenters. The molecule has 0 saturated heterocycles. The Morgan fingerprint density at radius 2 is 1.88 bits per heavy atom. The van der Waals surface area contributed by atoms with Crippen LogP contribution in [0.15, 0.2) is 70.9 Å². The quantitative estimate of drug-likeness (QED) is 0.433. The maximum Gasteiger partial charge on any atom is 0.300 e. The average Bonchev–Trinajstić information content (AvgIpc) is 3.22. The van der Waals surface area contributed by atoms with Crippen molar-refractivity contribution in [3.05, 3.63) is 76.8 Å². The van der Waals surface area contributed by atoms with E-state index in [9.17, 15) is 9.59 Å². The molecule has 1 unspecified atom stereocenters. The average molecular weight is 450 g/mol. The number of aryl methyl sites for hydroxylation is 1. The summed E-state index contributed by atoms with van der Waals surface area (Å²) in [5.41, 5.74) is 2.24. The van der Waals surface area contributed by atoms with Gasteiger partial charge in [-0.1, -0.05) is 49.0 Å². The van der Waals surface area contributed by atoms with Crippen LogP contribution in [0, 0.1) is 6.92 Å². The van der Waals surface area contributed by atoms with E-state index in [1.807, 2.05) is 50.2 Å². The van der Waals surface area contributed by atoms with Crippen molar-refractivity contribution >= 4 is 29.0 Å². The number of anilines is 1. The first-order valence-corrected chi connectivity index (χ1v) is 11.0. The Kier molecular flexibility index (Phi) is 6.27. The number of nitrogens with one attached hydrogen (secondary N) is 1. The largest absolute Gasteiger partial charge is 0.495 e. The number of amides is 1. The summed E-state index contributed by atoms with van der Waals surface area (Å²) in [6.07, 6.45) is 3.96. The van der Waals surface area contributed by atoms with Gasteiger partial charge in [0, 0.05) is 18.1 Å². The number of para-hydroxylation sites is 3. The third kappa shape index (κ3) is 4.11. The Bertz CT molecular complexity index is 1330. The second-order valence-electron chi connectivity index (χ2n) is 7.14. The number of rotatable bonds is 7. The summed E-state index contributed by atoms with van der Waals surface area (Å²) in [6, 6.07) is 14.9. The van der Waals surface area contributed by atoms with Crippen molar-refractivity contribution in [1.29, 1.82) is 0 Å². The lowest BCUT2D eigenvalue weighted by atomic mass is 10.2. The fraction of sp³-hybridized carbons (Fsp3) is 0.217. The molecule has 0 aliphatic carbocycles. The molecule has 32 heavy (non-hydrogen) atoms. The number of aromatic nitrogens is 4. The van der Waals surface area contributed by atoms with E-state index in [0.717, 1.165) is 11.3 Å². The van der Waals surface area contributed by atoms with E-state index in [1.54, 1.807) is 36.0 Å². The van der Waals surface area contributed by atoms with Crippen LogP contribution in [0.5, 0.6) is 5.75 Å². The van der Waals surface area contributed by atoms with E-state index in [-0.39, 0.29) is 17.1 Å². The smallest absolute Gasteiger partial charge is 0.300 e. The molecule has 0 spiro atoms. The molecule has 2 heterocycles. The van der Waals surface area contributed by atoms with Gasteiger partial charge in [-0.25, -0.2) is 0 Å². The molecular weight excluding hydrogens is 426 g/mol. The minimum atomic E-state index is -0.390. The van der Waals surface area contributed by atoms with Crippen LogP contribution in [0.1, 0.15) is 18.9 Å². The number of carbonyl (C=O) groups is 1. The zero-order valence-electron chi connectivity index (χ0n) is 18.0. The lowest BCUT2D eigenvalue weighted by Crippen LogP contribution is -2.25. The molecule has 164 valence electrons. The third-order valence-corrected chi connectivity index (χ3v) is 6.42. The number of hydrogen-bond acceptors (Lipinski definition) is 6. The minimum absolute atomic E-state index is 0.120. The van der Waals surface area contributed by atoms with Crippen molar-refractivity contribution in [3.8, 4) is 11.4 Å². The summed E-state index contributed by atoms with van der Waals surface area (Å²) in [6.45, 7) is 3.88. The molecule has 0 saturated carbocycles. The maximum absolute atomic E-state index is 13.1. The highest BCUT2D eigenvalue weighted by Crippen LogP contribution is 2.26. The van der Waals surface area contributed by atoms with Crippen molar-refractivity contribution in [2.24, 2.45) is 0 Å². The maximum atomic E-state index is 13.1. The van der Waals surface area contributed by atoms with E-state index >= 15 is 0 Å². The number of fused-ring (bicyclic) bond motifs is 1. The predicted molar refractivity (Wildman–Crippen MR) is 125 cm³/mol. The van der Waals surface area contributed by atoms with Crippen molar-refractivity contribution in [3.63, 3.8) is 0 Å². The molecule has 2 aromatic heterocycles. The van der Waals surface area contributed by atoms with Crippen LogP contribution in [0.4, 0.5) is 5.69 Å². The fourth-order valence-corrected chi connectivity index (χ4v) is 4.28. The summed E-state index contributed by atoms with van der Waals surface area (Å²) in [7, 11) is 1.56. The van der Waals surface area contributed by atoms with Gasteiger partial charge in [0.15, 0.2) is 5.16 Å². The molecule has 8 nitrogen and oxygen atoms in total. The Morgan fingerprint density at radius 1 is 1.12 bits per heavy atom. The van der Waals surface area contributed by atoms with Crippen molar-refractivity contribution in [2.45, 2.75) is 30.7 Å². The Balaban J connectivity index is 1.62. The summed E-state index contributed by atoms with van der Waals surface area (Å²) < 4.78 is 8.46. The van der Waals surface area contributed by atoms with Gasteiger partial charge in [-0.3, -0.25) is 18.6 Å². The molecule has 2 aromatic carbocycles. The van der Waals surface area contributed by atoms with Crippen LogP contribution in [-0.2, 0) is 4.79 Å². The van der Waals surface area contributed by atoms with E-state index < -0.39 is 5.25 Å². The van der Waals surface area contributed by atoms with Crippen LogP contribution in [0.25, 0.3) is 11.3 Å². The first kappa shape index (κ1) is 21.6. The SMILES string of the molecule is CCC(Sc1nnc2c(=O)n(-c3ccccc3OC)ccn12)C(=O)Nc1ccccc1C. The van der Waals surface area contributed by atoms with Gasteiger partial charge in [-0.2, -0.15) is 0 Å². The fourth-order valence-electron chi connectivity index (χ4n) is 3.34. The van der Waals surface area contributed by atoms with Crippen LogP contribution in [0.3, 0.4) is 0 Å². The molecule has 4 aromatic rings. The number of methoxy groups -OCH3 is 1. The van der Waals surface area contributed by atoms with Gasteiger partial charge in [0.05, 0.1) is 18.0 Å². The summed E-state index contributed by atoms with van der Waals surface area (Å²) in [5, 5.41) is 11.3. The second-order valence-corrected chi connectivity index (χ2v) is 8.31. The number of benzene rings is 2. The minimum Gasteiger partial charge on any atom is -0.495 e. The van der Waals surface area contributed by atoms with E-state index in [1.165, 1.54) is 16.3 Å². The lowest BCUT2D eigenvalue weighted by Gasteiger charge is -2.15. The van der Waals surface area contributed by atoms with Gasteiger partial charge in [0.1, 0.15) is 5.75 Å². The van der Waals surface area contributed by atoms with E-state index in [0.29, 0.717) is 23.0 Å². The number of hydrogen-bond donors (Lipinski definition) is 1. The topological polar surface area (TPSA) is 90.5 Å². The molecule has 0 aliphatic heterocycles. The zero-order chi connectivity index (χ0) is 22.7. The zero-order valence-corrected chi connectivity index (χ0v) is 18.8. The monoisotopic (exact) mass is 449 g/mol. The lowest BCUT2D eigenvalue weighted by molar-refractivity contribution is -0.115. The molecule has 9 heteroatoms. The van der Waals surface area contributed by atoms with E-state index in [4.69, 9.17) is 4.74 Å². The standard InChI is InChI=1S/C23H23N5O3S/c1-4-19(21(29)24-16-10-6-5-9-15(16)2)32-23-26-25-20-22(30)27(13-14-28(20)23)17-11-7-8-12-18(17)31-3/h5-14,19H,4H2,1-3H3,(H,24,29). The highest BCUT2D eigenvalue weighted by atomic mass is 32.2. The Labute approximate surface area is 189 Å². The number of nitrogens with zero attached hydrogens (tertiary/aromatic N) is 4. The predicted octanol–water partition coefficient (Wildman–Crippen LogP) is 3.71. The first-order chi connectivity index (χ1) is 15.5. The van der Waals surface area contributed by atoms with Crippen LogP contribution in [0.2, 0.25) is 0 Å². The number of carbonyl (C=O) groups excluding carboxylic acids is 1. The van der Waals surface area contributed by atoms with Crippen LogP contribution in [-0.4, -0.2) is 37.4 Å². The number of ether oxygens (including phenoxy) is 1. The van der Waals surface area contributed by atoms with Crippen LogP contribution < -0.4 is 15.6 Å². The van der Waals surface area contributed by atoms with Gasteiger partial charge in [-0.05, 0) is 37.1 Å². The molecule has 0 bridgehead atoms. The summed E-state index contributed by atoms with van der Waals surface area (Å²) in [5.74, 6) is 0.456. The van der Waals surface area contributed by atoms with Gasteiger partial charge < -0.3 is 10.1 Å². The molecule has 0 aliphatic rings. The van der Waals surface area contributed by atoms with Crippen LogP contribution >= 0.6 is 11.8 Å². The molecule has 0 fully saturated rings. The van der Waals surface area contributed by atoms with Gasteiger partial charge >= 0.3 is 5.56 Å². The summed E-state index contributed by atoms with van der Waals surface area (Å²) in [4.78, 5) is 25.9.